The van der Waals surface area contributed by atoms with Crippen LogP contribution in [0.25, 0.3) is 0 Å². The summed E-state index contributed by atoms with van der Waals surface area (Å²) >= 11 is 0. The van der Waals surface area contributed by atoms with Crippen LogP contribution in [0, 0.1) is 0 Å². The summed E-state index contributed by atoms with van der Waals surface area (Å²) in [5, 5.41) is 2.75. The molecule has 0 aliphatic rings. The van der Waals surface area contributed by atoms with Crippen molar-refractivity contribution in [3.63, 3.8) is 0 Å². The standard InChI is InChI=1S/C15H29NO/c1-3-4-5-6-7-8-9-10-11-12-13-14-16-15(2)17/h12-13H,3-11,14H2,1-2H3,(H,16,17). The first kappa shape index (κ1) is 16.2. The molecular weight excluding hydrogens is 210 g/mol. The summed E-state index contributed by atoms with van der Waals surface area (Å²) in [7, 11) is 0. The zero-order valence-corrected chi connectivity index (χ0v) is 11.6. The molecule has 0 radical (unpaired) electrons. The van der Waals surface area contributed by atoms with Crippen molar-refractivity contribution in [3.05, 3.63) is 12.2 Å². The number of hydrogen-bond donors (Lipinski definition) is 1. The average molecular weight is 239 g/mol. The maximum atomic E-state index is 10.6. The highest BCUT2D eigenvalue weighted by atomic mass is 16.1. The predicted molar refractivity (Wildman–Crippen MR) is 75.1 cm³/mol. The number of carbonyl (C=O) groups is 1. The fourth-order valence-corrected chi connectivity index (χ4v) is 1.80. The molecule has 0 spiro atoms. The van der Waals surface area contributed by atoms with Crippen LogP contribution in [0.3, 0.4) is 0 Å². The van der Waals surface area contributed by atoms with E-state index in [2.05, 4.69) is 18.3 Å². The fourth-order valence-electron chi connectivity index (χ4n) is 1.80. The third kappa shape index (κ3) is 15.2. The quantitative estimate of drug-likeness (QED) is 0.425. The Morgan fingerprint density at radius 3 is 2.12 bits per heavy atom. The van der Waals surface area contributed by atoms with Crippen molar-refractivity contribution < 1.29 is 4.79 Å². The van der Waals surface area contributed by atoms with Crippen LogP contribution in [0.15, 0.2) is 12.2 Å². The highest BCUT2D eigenvalue weighted by Crippen LogP contribution is 2.09. The third-order valence-corrected chi connectivity index (χ3v) is 2.86. The predicted octanol–water partition coefficient (Wildman–Crippen LogP) is 4.21. The minimum Gasteiger partial charge on any atom is -0.353 e. The van der Waals surface area contributed by atoms with Crippen LogP contribution < -0.4 is 5.32 Å². The van der Waals surface area contributed by atoms with Crippen LogP contribution in [0.5, 0.6) is 0 Å². The van der Waals surface area contributed by atoms with Crippen LogP contribution in [0.2, 0.25) is 0 Å². The van der Waals surface area contributed by atoms with Gasteiger partial charge < -0.3 is 5.32 Å². The topological polar surface area (TPSA) is 29.1 Å². The van der Waals surface area contributed by atoms with Gasteiger partial charge in [-0.3, -0.25) is 4.79 Å². The normalized spacial score (nSPS) is 10.9. The first-order valence-corrected chi connectivity index (χ1v) is 7.16. The average Bonchev–Trinajstić information content (AvgIpc) is 2.30. The van der Waals surface area contributed by atoms with Crippen molar-refractivity contribution in [2.75, 3.05) is 6.54 Å². The lowest BCUT2D eigenvalue weighted by molar-refractivity contribution is -0.118. The van der Waals surface area contributed by atoms with E-state index in [1.165, 1.54) is 51.4 Å². The first-order chi connectivity index (χ1) is 8.27. The van der Waals surface area contributed by atoms with E-state index in [0.717, 1.165) is 6.42 Å². The second kappa shape index (κ2) is 13.3. The van der Waals surface area contributed by atoms with Gasteiger partial charge in [0.15, 0.2) is 0 Å². The molecule has 0 aromatic heterocycles. The van der Waals surface area contributed by atoms with E-state index in [1.54, 1.807) is 6.92 Å². The highest BCUT2D eigenvalue weighted by molar-refractivity contribution is 5.72. The molecule has 0 aliphatic carbocycles. The monoisotopic (exact) mass is 239 g/mol. The van der Waals surface area contributed by atoms with E-state index < -0.39 is 0 Å². The number of carbonyl (C=O) groups excluding carboxylic acids is 1. The van der Waals surface area contributed by atoms with Gasteiger partial charge in [-0.2, -0.15) is 0 Å². The van der Waals surface area contributed by atoms with Crippen molar-refractivity contribution in [1.82, 2.24) is 5.32 Å². The molecule has 0 saturated carbocycles. The largest absolute Gasteiger partial charge is 0.353 e. The molecule has 2 nitrogen and oxygen atoms in total. The van der Waals surface area contributed by atoms with Crippen LogP contribution >= 0.6 is 0 Å². The molecule has 0 atom stereocenters. The van der Waals surface area contributed by atoms with Crippen molar-refractivity contribution in [2.24, 2.45) is 0 Å². The van der Waals surface area contributed by atoms with Crippen molar-refractivity contribution in [2.45, 2.75) is 71.6 Å². The van der Waals surface area contributed by atoms with Crippen LogP contribution in [0.4, 0.5) is 0 Å². The SMILES string of the molecule is CCCCCCCCCCC=CCNC(C)=O. The Morgan fingerprint density at radius 1 is 0.941 bits per heavy atom. The molecular formula is C15H29NO. The number of unbranched alkanes of at least 4 members (excludes halogenated alkanes) is 8. The van der Waals surface area contributed by atoms with E-state index in [9.17, 15) is 4.79 Å². The Morgan fingerprint density at radius 2 is 1.53 bits per heavy atom. The Balaban J connectivity index is 3.05. The van der Waals surface area contributed by atoms with Gasteiger partial charge in [-0.15, -0.1) is 0 Å². The van der Waals surface area contributed by atoms with Crippen LogP contribution in [0.1, 0.15) is 71.6 Å². The molecule has 0 fully saturated rings. The molecule has 0 unspecified atom stereocenters. The minimum absolute atomic E-state index is 0.0433. The molecule has 0 aliphatic heterocycles. The Hall–Kier alpha value is -0.790. The van der Waals surface area contributed by atoms with Gasteiger partial charge in [0.25, 0.3) is 0 Å². The van der Waals surface area contributed by atoms with Gasteiger partial charge in [0, 0.05) is 13.5 Å². The first-order valence-electron chi connectivity index (χ1n) is 7.16. The van der Waals surface area contributed by atoms with Crippen molar-refractivity contribution in [3.8, 4) is 0 Å². The Labute approximate surface area is 107 Å². The second-order valence-corrected chi connectivity index (χ2v) is 4.67. The molecule has 0 bridgehead atoms. The zero-order valence-electron chi connectivity index (χ0n) is 11.6. The maximum absolute atomic E-state index is 10.6. The molecule has 2 heteroatoms. The molecule has 1 amide bonds. The number of nitrogens with one attached hydrogen (secondary N) is 1. The number of hydrogen-bond acceptors (Lipinski definition) is 1. The lowest BCUT2D eigenvalue weighted by Gasteiger charge is -2.00. The maximum Gasteiger partial charge on any atom is 0.217 e. The van der Waals surface area contributed by atoms with Gasteiger partial charge in [-0.05, 0) is 12.8 Å². The lowest BCUT2D eigenvalue weighted by atomic mass is 10.1. The minimum atomic E-state index is 0.0433. The van der Waals surface area contributed by atoms with Gasteiger partial charge in [-0.25, -0.2) is 0 Å². The molecule has 0 aromatic carbocycles. The van der Waals surface area contributed by atoms with Crippen LogP contribution in [-0.4, -0.2) is 12.5 Å². The summed E-state index contributed by atoms with van der Waals surface area (Å²) in [6.45, 7) is 4.48. The number of amides is 1. The lowest BCUT2D eigenvalue weighted by Crippen LogP contribution is -2.19. The van der Waals surface area contributed by atoms with E-state index in [0.29, 0.717) is 6.54 Å². The van der Waals surface area contributed by atoms with Gasteiger partial charge in [-0.1, -0.05) is 64.0 Å². The molecule has 100 valence electrons. The summed E-state index contributed by atoms with van der Waals surface area (Å²) in [6, 6.07) is 0. The van der Waals surface area contributed by atoms with E-state index >= 15 is 0 Å². The number of allylic oxidation sites excluding steroid dienone is 1. The second-order valence-electron chi connectivity index (χ2n) is 4.67. The molecule has 1 N–H and O–H groups in total. The summed E-state index contributed by atoms with van der Waals surface area (Å²) in [6.07, 6.45) is 16.3. The summed E-state index contributed by atoms with van der Waals surface area (Å²) in [5.74, 6) is 0.0433. The molecule has 17 heavy (non-hydrogen) atoms. The Bertz CT molecular complexity index is 199. The fraction of sp³-hybridized carbons (Fsp3) is 0.800. The summed E-state index contributed by atoms with van der Waals surface area (Å²) in [4.78, 5) is 10.6. The van der Waals surface area contributed by atoms with Gasteiger partial charge in [0.1, 0.15) is 0 Å². The van der Waals surface area contributed by atoms with Gasteiger partial charge >= 0.3 is 0 Å². The number of rotatable bonds is 11. The summed E-state index contributed by atoms with van der Waals surface area (Å²) in [5.41, 5.74) is 0. The van der Waals surface area contributed by atoms with E-state index in [1.807, 2.05) is 6.08 Å². The molecule has 0 aromatic rings. The van der Waals surface area contributed by atoms with Gasteiger partial charge in [0.2, 0.25) is 5.91 Å². The van der Waals surface area contributed by atoms with Crippen molar-refractivity contribution in [1.29, 1.82) is 0 Å². The van der Waals surface area contributed by atoms with E-state index in [4.69, 9.17) is 0 Å². The van der Waals surface area contributed by atoms with Crippen LogP contribution in [-0.2, 0) is 4.79 Å². The van der Waals surface area contributed by atoms with Crippen molar-refractivity contribution >= 4 is 5.91 Å². The Kier molecular flexibility index (Phi) is 12.7. The molecule has 0 saturated heterocycles. The third-order valence-electron chi connectivity index (χ3n) is 2.86. The zero-order chi connectivity index (χ0) is 12.8. The van der Waals surface area contributed by atoms with E-state index in [-0.39, 0.29) is 5.91 Å². The molecule has 0 heterocycles. The smallest absolute Gasteiger partial charge is 0.217 e. The summed E-state index contributed by atoms with van der Waals surface area (Å²) < 4.78 is 0. The van der Waals surface area contributed by atoms with Gasteiger partial charge in [0.05, 0.1) is 0 Å². The molecule has 0 rings (SSSR count). The highest BCUT2D eigenvalue weighted by Gasteiger charge is 1.90.